The van der Waals surface area contributed by atoms with Crippen LogP contribution in [0.3, 0.4) is 0 Å². The molecule has 4 heteroatoms. The molecule has 1 heterocycles. The third kappa shape index (κ3) is 4.11. The van der Waals surface area contributed by atoms with Gasteiger partial charge in [-0.15, -0.1) is 0 Å². The van der Waals surface area contributed by atoms with Crippen LogP contribution in [0.1, 0.15) is 32.8 Å². The Morgan fingerprint density at radius 2 is 2.10 bits per heavy atom. The molecule has 1 aromatic carbocycles. The molecule has 2 atom stereocenters. The first kappa shape index (κ1) is 16.1. The molecule has 2 unspecified atom stereocenters. The van der Waals surface area contributed by atoms with Crippen LogP contribution in [0.2, 0.25) is 10.0 Å². The normalized spacial score (nSPS) is 24.9. The Hall–Kier alpha value is -0.280. The van der Waals surface area contributed by atoms with E-state index in [0.717, 1.165) is 30.2 Å². The minimum absolute atomic E-state index is 0.547. The molecule has 0 spiro atoms. The standard InChI is InChI=1S/C16H24Cl2N2/c1-11(2)16-10-20(12(3)6-7-19-16)9-13-4-5-14(17)8-15(13)18/h4-5,8,11-12,16,19H,6-7,9-10H2,1-3H3. The van der Waals surface area contributed by atoms with E-state index in [1.54, 1.807) is 0 Å². The molecule has 1 N–H and O–H groups in total. The quantitative estimate of drug-likeness (QED) is 0.899. The van der Waals surface area contributed by atoms with Crippen LogP contribution < -0.4 is 5.32 Å². The molecule has 0 amide bonds. The van der Waals surface area contributed by atoms with Gasteiger partial charge in [0.05, 0.1) is 0 Å². The fourth-order valence-corrected chi connectivity index (χ4v) is 3.16. The van der Waals surface area contributed by atoms with Crippen molar-refractivity contribution in [2.24, 2.45) is 5.92 Å². The van der Waals surface area contributed by atoms with Gasteiger partial charge in [-0.1, -0.05) is 43.1 Å². The van der Waals surface area contributed by atoms with Gasteiger partial charge in [0.1, 0.15) is 0 Å². The molecule has 1 aliphatic heterocycles. The highest BCUT2D eigenvalue weighted by Crippen LogP contribution is 2.24. The van der Waals surface area contributed by atoms with E-state index in [9.17, 15) is 0 Å². The summed E-state index contributed by atoms with van der Waals surface area (Å²) in [7, 11) is 0. The maximum absolute atomic E-state index is 6.31. The van der Waals surface area contributed by atoms with Gasteiger partial charge in [0.25, 0.3) is 0 Å². The largest absolute Gasteiger partial charge is 0.312 e. The lowest BCUT2D eigenvalue weighted by molar-refractivity contribution is 0.184. The smallest absolute Gasteiger partial charge is 0.0465 e. The van der Waals surface area contributed by atoms with Gasteiger partial charge in [-0.05, 0) is 43.5 Å². The second-order valence-electron chi connectivity index (χ2n) is 6.11. The second-order valence-corrected chi connectivity index (χ2v) is 6.95. The first-order valence-corrected chi connectivity index (χ1v) is 8.14. The average Bonchev–Trinajstić information content (AvgIpc) is 2.55. The fraction of sp³-hybridized carbons (Fsp3) is 0.625. The molecule has 1 fully saturated rings. The summed E-state index contributed by atoms with van der Waals surface area (Å²) in [6.07, 6.45) is 1.18. The van der Waals surface area contributed by atoms with Crippen LogP contribution in [0.25, 0.3) is 0 Å². The molecule has 1 aliphatic rings. The lowest BCUT2D eigenvalue weighted by Gasteiger charge is -2.30. The van der Waals surface area contributed by atoms with E-state index < -0.39 is 0 Å². The topological polar surface area (TPSA) is 15.3 Å². The fourth-order valence-electron chi connectivity index (χ4n) is 2.69. The van der Waals surface area contributed by atoms with Gasteiger partial charge in [0, 0.05) is 35.2 Å². The number of rotatable bonds is 3. The molecule has 0 saturated carbocycles. The van der Waals surface area contributed by atoms with Gasteiger partial charge < -0.3 is 5.32 Å². The van der Waals surface area contributed by atoms with Crippen molar-refractivity contribution in [2.75, 3.05) is 13.1 Å². The summed E-state index contributed by atoms with van der Waals surface area (Å²) in [5, 5.41) is 5.12. The molecule has 0 aliphatic carbocycles. The van der Waals surface area contributed by atoms with Crippen molar-refractivity contribution in [3.8, 4) is 0 Å². The predicted molar refractivity (Wildman–Crippen MR) is 87.6 cm³/mol. The van der Waals surface area contributed by atoms with E-state index in [4.69, 9.17) is 23.2 Å². The Morgan fingerprint density at radius 1 is 1.35 bits per heavy atom. The van der Waals surface area contributed by atoms with Gasteiger partial charge in [-0.25, -0.2) is 0 Å². The Morgan fingerprint density at radius 3 is 2.75 bits per heavy atom. The molecule has 1 aromatic rings. The number of nitrogens with one attached hydrogen (secondary N) is 1. The first-order valence-electron chi connectivity index (χ1n) is 7.38. The molecule has 1 saturated heterocycles. The Balaban J connectivity index is 2.12. The number of benzene rings is 1. The maximum Gasteiger partial charge on any atom is 0.0465 e. The van der Waals surface area contributed by atoms with Gasteiger partial charge in [-0.2, -0.15) is 0 Å². The monoisotopic (exact) mass is 314 g/mol. The van der Waals surface area contributed by atoms with E-state index in [-0.39, 0.29) is 0 Å². The Labute approximate surface area is 132 Å². The lowest BCUT2D eigenvalue weighted by atomic mass is 10.0. The summed E-state index contributed by atoms with van der Waals surface area (Å²) in [5.41, 5.74) is 1.16. The van der Waals surface area contributed by atoms with Crippen LogP contribution >= 0.6 is 23.2 Å². The zero-order valence-corrected chi connectivity index (χ0v) is 14.0. The number of hydrogen-bond acceptors (Lipinski definition) is 2. The molecule has 0 aromatic heterocycles. The average molecular weight is 315 g/mol. The highest BCUT2D eigenvalue weighted by Gasteiger charge is 2.25. The van der Waals surface area contributed by atoms with Gasteiger partial charge in [-0.3, -0.25) is 4.90 Å². The van der Waals surface area contributed by atoms with Crippen LogP contribution in [0.5, 0.6) is 0 Å². The summed E-state index contributed by atoms with van der Waals surface area (Å²) in [6, 6.07) is 6.91. The van der Waals surface area contributed by atoms with Gasteiger partial charge in [0.2, 0.25) is 0 Å². The second kappa shape index (κ2) is 7.13. The van der Waals surface area contributed by atoms with Crippen molar-refractivity contribution in [3.05, 3.63) is 33.8 Å². The predicted octanol–water partition coefficient (Wildman–Crippen LogP) is 4.20. The number of halogens is 2. The van der Waals surface area contributed by atoms with Gasteiger partial charge >= 0.3 is 0 Å². The van der Waals surface area contributed by atoms with Crippen LogP contribution in [0.4, 0.5) is 0 Å². The van der Waals surface area contributed by atoms with Crippen LogP contribution in [-0.2, 0) is 6.54 Å². The summed E-state index contributed by atoms with van der Waals surface area (Å²) in [5.74, 6) is 0.642. The van der Waals surface area contributed by atoms with E-state index in [2.05, 4.69) is 31.0 Å². The van der Waals surface area contributed by atoms with E-state index in [1.807, 2.05) is 18.2 Å². The van der Waals surface area contributed by atoms with E-state index in [1.165, 1.54) is 6.42 Å². The van der Waals surface area contributed by atoms with E-state index in [0.29, 0.717) is 23.0 Å². The SMILES string of the molecule is CC(C)C1CN(Cc2ccc(Cl)cc2Cl)C(C)CCN1. The summed E-state index contributed by atoms with van der Waals surface area (Å²) in [4.78, 5) is 2.53. The number of hydrogen-bond donors (Lipinski definition) is 1. The molecule has 112 valence electrons. The van der Waals surface area contributed by atoms with Crippen LogP contribution in [0.15, 0.2) is 18.2 Å². The number of nitrogens with zero attached hydrogens (tertiary/aromatic N) is 1. The minimum Gasteiger partial charge on any atom is -0.312 e. The Kier molecular flexibility index (Phi) is 5.74. The molecular formula is C16H24Cl2N2. The highest BCUT2D eigenvalue weighted by molar-refractivity contribution is 6.35. The molecule has 20 heavy (non-hydrogen) atoms. The summed E-state index contributed by atoms with van der Waals surface area (Å²) in [6.45, 7) is 9.91. The van der Waals surface area contributed by atoms with E-state index >= 15 is 0 Å². The highest BCUT2D eigenvalue weighted by atomic mass is 35.5. The third-order valence-corrected chi connectivity index (χ3v) is 4.80. The summed E-state index contributed by atoms with van der Waals surface area (Å²) >= 11 is 12.3. The van der Waals surface area contributed by atoms with Crippen molar-refractivity contribution in [1.29, 1.82) is 0 Å². The summed E-state index contributed by atoms with van der Waals surface area (Å²) < 4.78 is 0. The van der Waals surface area contributed by atoms with Crippen LogP contribution in [0, 0.1) is 5.92 Å². The molecule has 2 rings (SSSR count). The van der Waals surface area contributed by atoms with Crippen molar-refractivity contribution < 1.29 is 0 Å². The van der Waals surface area contributed by atoms with Crippen molar-refractivity contribution in [1.82, 2.24) is 10.2 Å². The molecule has 0 bridgehead atoms. The lowest BCUT2D eigenvalue weighted by Crippen LogP contribution is -2.42. The van der Waals surface area contributed by atoms with Gasteiger partial charge in [0.15, 0.2) is 0 Å². The van der Waals surface area contributed by atoms with Crippen molar-refractivity contribution in [2.45, 2.75) is 45.8 Å². The molecule has 0 radical (unpaired) electrons. The maximum atomic E-state index is 6.31. The Bertz CT molecular complexity index is 448. The zero-order chi connectivity index (χ0) is 14.7. The molecular weight excluding hydrogens is 291 g/mol. The minimum atomic E-state index is 0.547. The van der Waals surface area contributed by atoms with Crippen molar-refractivity contribution >= 4 is 23.2 Å². The van der Waals surface area contributed by atoms with Crippen molar-refractivity contribution in [3.63, 3.8) is 0 Å². The third-order valence-electron chi connectivity index (χ3n) is 4.22. The first-order chi connectivity index (χ1) is 9.47. The zero-order valence-electron chi connectivity index (χ0n) is 12.5. The molecule has 2 nitrogen and oxygen atoms in total. The van der Waals surface area contributed by atoms with Crippen LogP contribution in [-0.4, -0.2) is 30.1 Å².